The van der Waals surface area contributed by atoms with Crippen molar-refractivity contribution in [3.8, 4) is 5.75 Å². The number of hydrogen-bond acceptors (Lipinski definition) is 6. The average Bonchev–Trinajstić information content (AvgIpc) is 3.22. The van der Waals surface area contributed by atoms with Crippen molar-refractivity contribution in [2.45, 2.75) is 43.3 Å². The van der Waals surface area contributed by atoms with E-state index in [4.69, 9.17) is 9.72 Å². The van der Waals surface area contributed by atoms with Crippen molar-refractivity contribution in [2.24, 2.45) is 0 Å². The zero-order valence-corrected chi connectivity index (χ0v) is 18.7. The summed E-state index contributed by atoms with van der Waals surface area (Å²) in [5.41, 5.74) is 3.10. The highest BCUT2D eigenvalue weighted by atomic mass is 32.2. The van der Waals surface area contributed by atoms with Crippen molar-refractivity contribution in [2.75, 3.05) is 43.9 Å². The summed E-state index contributed by atoms with van der Waals surface area (Å²) in [6.45, 7) is 3.02. The highest BCUT2D eigenvalue weighted by molar-refractivity contribution is 7.99. The number of ether oxygens (including phenoxy) is 1. The molecule has 0 saturated carbocycles. The van der Waals surface area contributed by atoms with Crippen molar-refractivity contribution in [1.82, 2.24) is 14.5 Å². The summed E-state index contributed by atoms with van der Waals surface area (Å²) >= 11 is 1.61. The third-order valence-corrected chi connectivity index (χ3v) is 7.70. The lowest BCUT2D eigenvalue weighted by Crippen LogP contribution is -2.49. The van der Waals surface area contributed by atoms with Gasteiger partial charge in [0.2, 0.25) is 5.91 Å². The Morgan fingerprint density at radius 3 is 2.61 bits per heavy atom. The second kappa shape index (κ2) is 8.57. The van der Waals surface area contributed by atoms with Crippen molar-refractivity contribution in [3.05, 3.63) is 45.9 Å². The molecule has 1 fully saturated rings. The van der Waals surface area contributed by atoms with Crippen molar-refractivity contribution < 1.29 is 9.53 Å². The van der Waals surface area contributed by atoms with E-state index >= 15 is 0 Å². The van der Waals surface area contributed by atoms with Gasteiger partial charge in [0, 0.05) is 49.6 Å². The Labute approximate surface area is 186 Å². The Bertz CT molecular complexity index is 1030. The third kappa shape index (κ3) is 3.93. The second-order valence-electron chi connectivity index (χ2n) is 8.44. The van der Waals surface area contributed by atoms with Gasteiger partial charge in [-0.2, -0.15) is 0 Å². The average molecular weight is 441 g/mol. The van der Waals surface area contributed by atoms with Gasteiger partial charge in [-0.3, -0.25) is 14.2 Å². The highest BCUT2D eigenvalue weighted by Gasteiger charge is 2.32. The van der Waals surface area contributed by atoms with Crippen LogP contribution in [0.2, 0.25) is 0 Å². The van der Waals surface area contributed by atoms with Crippen LogP contribution in [-0.2, 0) is 17.6 Å². The molecule has 1 atom stereocenters. The molecule has 2 aromatic rings. The first-order valence-electron chi connectivity index (χ1n) is 11.1. The molecular weight excluding hydrogens is 412 g/mol. The fourth-order valence-corrected chi connectivity index (χ4v) is 5.96. The lowest BCUT2D eigenvalue weighted by atomic mass is 9.97. The number of piperazine rings is 1. The minimum atomic E-state index is -0.0839. The van der Waals surface area contributed by atoms with Gasteiger partial charge in [-0.1, -0.05) is 11.8 Å². The number of carbonyl (C=O) groups excluding carboxylic acids is 1. The molecule has 5 rings (SSSR count). The number of thioether (sulfide) groups is 1. The Morgan fingerprint density at radius 2 is 1.87 bits per heavy atom. The van der Waals surface area contributed by atoms with Gasteiger partial charge < -0.3 is 14.5 Å². The van der Waals surface area contributed by atoms with Crippen LogP contribution in [0.15, 0.2) is 34.2 Å². The van der Waals surface area contributed by atoms with E-state index in [1.807, 2.05) is 17.0 Å². The van der Waals surface area contributed by atoms with E-state index in [1.54, 1.807) is 23.4 Å². The molecule has 1 amide bonds. The first-order chi connectivity index (χ1) is 15.1. The Hall–Kier alpha value is -2.48. The van der Waals surface area contributed by atoms with E-state index in [0.717, 1.165) is 72.4 Å². The summed E-state index contributed by atoms with van der Waals surface area (Å²) in [7, 11) is 1.67. The van der Waals surface area contributed by atoms with Crippen LogP contribution < -0.4 is 15.2 Å². The fourth-order valence-electron chi connectivity index (χ4n) is 4.80. The number of rotatable bonds is 4. The van der Waals surface area contributed by atoms with Crippen LogP contribution in [0, 0.1) is 0 Å². The number of benzene rings is 1. The van der Waals surface area contributed by atoms with Gasteiger partial charge in [-0.25, -0.2) is 4.98 Å². The highest BCUT2D eigenvalue weighted by Crippen LogP contribution is 2.34. The second-order valence-corrected chi connectivity index (χ2v) is 9.42. The summed E-state index contributed by atoms with van der Waals surface area (Å²) in [4.78, 5) is 35.1. The van der Waals surface area contributed by atoms with Crippen LogP contribution in [0.4, 0.5) is 5.69 Å². The molecule has 164 valence electrons. The van der Waals surface area contributed by atoms with Gasteiger partial charge in [0.15, 0.2) is 5.16 Å². The quantitative estimate of drug-likeness (QED) is 0.681. The number of hydrogen-bond donors (Lipinski definition) is 0. The van der Waals surface area contributed by atoms with Crippen LogP contribution >= 0.6 is 11.8 Å². The molecule has 31 heavy (non-hydrogen) atoms. The smallest absolute Gasteiger partial charge is 0.257 e. The number of nitrogens with zero attached hydrogens (tertiary/aromatic N) is 4. The number of anilines is 1. The number of carbonyl (C=O) groups is 1. The lowest BCUT2D eigenvalue weighted by molar-refractivity contribution is -0.132. The molecule has 0 spiro atoms. The lowest BCUT2D eigenvalue weighted by Gasteiger charge is -2.36. The molecular formula is C23H28N4O3S. The monoisotopic (exact) mass is 440 g/mol. The van der Waals surface area contributed by atoms with E-state index < -0.39 is 0 Å². The summed E-state index contributed by atoms with van der Waals surface area (Å²) in [6.07, 6.45) is 4.26. The van der Waals surface area contributed by atoms with Crippen LogP contribution in [0.5, 0.6) is 5.75 Å². The number of fused-ring (bicyclic) bond motifs is 2. The minimum Gasteiger partial charge on any atom is -0.497 e. The molecule has 2 aliphatic heterocycles. The van der Waals surface area contributed by atoms with Gasteiger partial charge >= 0.3 is 0 Å². The van der Waals surface area contributed by atoms with Crippen LogP contribution in [-0.4, -0.2) is 59.4 Å². The fraction of sp³-hybridized carbons (Fsp3) is 0.522. The third-order valence-electron chi connectivity index (χ3n) is 6.60. The molecule has 3 heterocycles. The molecule has 1 aromatic heterocycles. The molecule has 8 heteroatoms. The number of methoxy groups -OCH3 is 1. The molecule has 1 aromatic carbocycles. The number of amides is 1. The number of aryl methyl sites for hydroxylation is 1. The normalized spacial score (nSPS) is 20.4. The topological polar surface area (TPSA) is 67.7 Å². The van der Waals surface area contributed by atoms with Crippen molar-refractivity contribution in [1.29, 1.82) is 0 Å². The van der Waals surface area contributed by atoms with Gasteiger partial charge in [-0.15, -0.1) is 0 Å². The Balaban J connectivity index is 1.23. The van der Waals surface area contributed by atoms with Gasteiger partial charge in [0.05, 0.1) is 18.8 Å². The van der Waals surface area contributed by atoms with E-state index in [1.165, 1.54) is 0 Å². The van der Waals surface area contributed by atoms with Crippen LogP contribution in [0.25, 0.3) is 0 Å². The van der Waals surface area contributed by atoms with E-state index in [-0.39, 0.29) is 17.5 Å². The Morgan fingerprint density at radius 1 is 1.13 bits per heavy atom. The summed E-state index contributed by atoms with van der Waals surface area (Å²) < 4.78 is 7.04. The van der Waals surface area contributed by atoms with Crippen LogP contribution in [0.3, 0.4) is 0 Å². The van der Waals surface area contributed by atoms with E-state index in [2.05, 4.69) is 17.0 Å². The van der Waals surface area contributed by atoms with Crippen molar-refractivity contribution >= 4 is 23.4 Å². The molecule has 7 nitrogen and oxygen atoms in total. The maximum Gasteiger partial charge on any atom is 0.257 e. The van der Waals surface area contributed by atoms with E-state index in [9.17, 15) is 9.59 Å². The maximum atomic E-state index is 13.1. The maximum absolute atomic E-state index is 13.1. The summed E-state index contributed by atoms with van der Waals surface area (Å²) in [6, 6.07) is 7.96. The Kier molecular flexibility index (Phi) is 5.65. The minimum absolute atomic E-state index is 0.0839. The molecule has 0 bridgehead atoms. The molecule has 0 unspecified atom stereocenters. The van der Waals surface area contributed by atoms with Gasteiger partial charge in [0.1, 0.15) is 5.75 Å². The van der Waals surface area contributed by atoms with Gasteiger partial charge in [0.25, 0.3) is 5.56 Å². The number of aromatic nitrogens is 2. The molecule has 0 N–H and O–H groups in total. The SMILES string of the molecule is COc1ccc(N2CCN(C(=O)C[C@@H]3CSc4nc5c(c(=O)n43)CCCC5)CC2)cc1. The largest absolute Gasteiger partial charge is 0.497 e. The van der Waals surface area contributed by atoms with Gasteiger partial charge in [-0.05, 0) is 49.9 Å². The van der Waals surface area contributed by atoms with Crippen molar-refractivity contribution in [3.63, 3.8) is 0 Å². The summed E-state index contributed by atoms with van der Waals surface area (Å²) in [5, 5.41) is 0.799. The first-order valence-corrected chi connectivity index (χ1v) is 12.1. The predicted octanol–water partition coefficient (Wildman–Crippen LogP) is 2.52. The molecule has 1 aliphatic carbocycles. The zero-order chi connectivity index (χ0) is 21.4. The standard InChI is InChI=1S/C23H28N4O3S/c1-30-18-8-6-16(7-9-18)25-10-12-26(13-11-25)21(28)14-17-15-31-23-24-20-5-3-2-4-19(20)22(29)27(17)23/h6-9,17H,2-5,10-15H2,1H3/t17-/m1/s1. The zero-order valence-electron chi connectivity index (χ0n) is 17.9. The first kappa shape index (κ1) is 20.4. The molecule has 3 aliphatic rings. The van der Waals surface area contributed by atoms with E-state index in [0.29, 0.717) is 19.5 Å². The summed E-state index contributed by atoms with van der Waals surface area (Å²) in [5.74, 6) is 1.73. The van der Waals surface area contributed by atoms with Crippen LogP contribution in [0.1, 0.15) is 36.6 Å². The molecule has 0 radical (unpaired) electrons. The predicted molar refractivity (Wildman–Crippen MR) is 121 cm³/mol. The molecule has 1 saturated heterocycles.